The minimum absolute atomic E-state index is 0.0581. The van der Waals surface area contributed by atoms with Crippen LogP contribution in [0.4, 0.5) is 5.82 Å². The molecule has 5 heterocycles. The second kappa shape index (κ2) is 11.9. The number of aromatic amines is 1. The number of piperazine rings is 1. The lowest BCUT2D eigenvalue weighted by Crippen LogP contribution is -2.48. The fourth-order valence-corrected chi connectivity index (χ4v) is 6.85. The molecule has 4 aromatic rings. The Labute approximate surface area is 248 Å². The van der Waals surface area contributed by atoms with Crippen LogP contribution in [0.1, 0.15) is 30.6 Å². The normalized spacial score (nSPS) is 18.5. The summed E-state index contributed by atoms with van der Waals surface area (Å²) in [5, 5.41) is 8.28. The first kappa shape index (κ1) is 27.2. The summed E-state index contributed by atoms with van der Waals surface area (Å²) in [6.07, 6.45) is 8.46. The van der Waals surface area contributed by atoms with Crippen molar-refractivity contribution in [3.8, 4) is 11.4 Å². The van der Waals surface area contributed by atoms with E-state index in [9.17, 15) is 9.59 Å². The summed E-state index contributed by atoms with van der Waals surface area (Å²) < 4.78 is 6.73. The van der Waals surface area contributed by atoms with Crippen LogP contribution < -0.4 is 4.90 Å². The van der Waals surface area contributed by atoms with Crippen molar-refractivity contribution < 1.29 is 14.3 Å². The van der Waals surface area contributed by atoms with Crippen molar-refractivity contribution in [1.82, 2.24) is 30.0 Å². The van der Waals surface area contributed by atoms with Crippen molar-refractivity contribution >= 4 is 50.0 Å². The molecule has 0 unspecified atom stereocenters. The van der Waals surface area contributed by atoms with Crippen LogP contribution in [0.3, 0.4) is 0 Å². The van der Waals surface area contributed by atoms with Gasteiger partial charge in [-0.2, -0.15) is 5.10 Å². The second-order valence-corrected chi connectivity index (χ2v) is 12.5. The Morgan fingerprint density at radius 3 is 2.69 bits per heavy atom. The maximum Gasteiger partial charge on any atom is 0.223 e. The lowest BCUT2D eigenvalue weighted by molar-refractivity contribution is -0.134. The quantitative estimate of drug-likeness (QED) is 0.294. The maximum atomic E-state index is 12.7. The van der Waals surface area contributed by atoms with Crippen LogP contribution >= 0.6 is 11.3 Å². The molecular weight excluding hydrogens is 550 g/mol. The number of amides is 1. The van der Waals surface area contributed by atoms with Crippen LogP contribution in [0.15, 0.2) is 42.6 Å². The van der Waals surface area contributed by atoms with Gasteiger partial charge in [-0.15, -0.1) is 11.3 Å². The first-order chi connectivity index (χ1) is 20.6. The van der Waals surface area contributed by atoms with Crippen molar-refractivity contribution in [2.75, 3.05) is 57.4 Å². The average molecular weight is 586 g/mol. The largest absolute Gasteiger partial charge is 0.378 e. The maximum absolute atomic E-state index is 12.7. The predicted octanol–water partition coefficient (Wildman–Crippen LogP) is 4.03. The van der Waals surface area contributed by atoms with Crippen molar-refractivity contribution in [1.29, 1.82) is 0 Å². The lowest BCUT2D eigenvalue weighted by atomic mass is 10.1. The van der Waals surface area contributed by atoms with E-state index in [-0.39, 0.29) is 11.7 Å². The minimum Gasteiger partial charge on any atom is -0.378 e. The summed E-state index contributed by atoms with van der Waals surface area (Å²) in [5.74, 6) is 2.38. The van der Waals surface area contributed by atoms with Crippen LogP contribution in [0, 0.1) is 5.92 Å². The Morgan fingerprint density at radius 2 is 1.88 bits per heavy atom. The van der Waals surface area contributed by atoms with Crippen molar-refractivity contribution in [2.24, 2.45) is 5.92 Å². The number of ether oxygens (including phenoxy) is 1. The molecule has 3 aliphatic rings. The molecule has 7 rings (SSSR count). The molecule has 1 aliphatic carbocycles. The molecule has 2 aliphatic heterocycles. The smallest absolute Gasteiger partial charge is 0.223 e. The van der Waals surface area contributed by atoms with Gasteiger partial charge in [0, 0.05) is 74.5 Å². The summed E-state index contributed by atoms with van der Waals surface area (Å²) in [6.45, 7) is 6.77. The summed E-state index contributed by atoms with van der Waals surface area (Å²) in [4.78, 5) is 42.8. The Kier molecular flexibility index (Phi) is 7.70. The minimum atomic E-state index is 0.0581. The van der Waals surface area contributed by atoms with E-state index in [0.29, 0.717) is 50.9 Å². The SMILES string of the molecule is O=C(/C=C/C1CC1)CCC(=O)N1CCN(Cc2cc3nc(-c4cccc5[nH]ncc45)nc(N4CCOCC4)c3s2)CC1. The van der Waals surface area contributed by atoms with Gasteiger partial charge in [-0.1, -0.05) is 18.2 Å². The number of hydrogen-bond acceptors (Lipinski definition) is 9. The van der Waals surface area contributed by atoms with Gasteiger partial charge in [0.2, 0.25) is 5.91 Å². The van der Waals surface area contributed by atoms with Crippen LogP contribution in [-0.2, 0) is 20.9 Å². The first-order valence-electron chi connectivity index (χ1n) is 14.9. The van der Waals surface area contributed by atoms with E-state index in [1.54, 1.807) is 17.4 Å². The highest BCUT2D eigenvalue weighted by atomic mass is 32.1. The third-order valence-corrected chi connectivity index (χ3v) is 9.41. The molecule has 10 nitrogen and oxygen atoms in total. The zero-order valence-corrected chi connectivity index (χ0v) is 24.4. The summed E-state index contributed by atoms with van der Waals surface area (Å²) in [5.41, 5.74) is 2.88. The molecule has 1 saturated carbocycles. The molecule has 3 aromatic heterocycles. The predicted molar refractivity (Wildman–Crippen MR) is 163 cm³/mol. The number of nitrogens with zero attached hydrogens (tertiary/aromatic N) is 6. The van der Waals surface area contributed by atoms with E-state index in [0.717, 1.165) is 65.2 Å². The van der Waals surface area contributed by atoms with Crippen molar-refractivity contribution in [3.05, 3.63) is 47.5 Å². The average Bonchev–Trinajstić information content (AvgIpc) is 3.57. The van der Waals surface area contributed by atoms with E-state index in [4.69, 9.17) is 14.7 Å². The Balaban J connectivity index is 1.05. The number of allylic oxidation sites excluding steroid dienone is 2. The number of carbonyl (C=O) groups excluding carboxylic acids is 2. The Morgan fingerprint density at radius 1 is 1.05 bits per heavy atom. The van der Waals surface area contributed by atoms with Crippen molar-refractivity contribution in [2.45, 2.75) is 32.2 Å². The lowest BCUT2D eigenvalue weighted by Gasteiger charge is -2.34. The molecule has 1 aromatic carbocycles. The molecule has 2 saturated heterocycles. The number of rotatable bonds is 9. The number of benzene rings is 1. The highest BCUT2D eigenvalue weighted by molar-refractivity contribution is 7.19. The van der Waals surface area contributed by atoms with Gasteiger partial charge >= 0.3 is 0 Å². The first-order valence-corrected chi connectivity index (χ1v) is 15.7. The van der Waals surface area contributed by atoms with Gasteiger partial charge < -0.3 is 14.5 Å². The van der Waals surface area contributed by atoms with Gasteiger partial charge in [-0.3, -0.25) is 19.6 Å². The summed E-state index contributed by atoms with van der Waals surface area (Å²) >= 11 is 1.76. The molecule has 11 heteroatoms. The zero-order chi connectivity index (χ0) is 28.5. The topological polar surface area (TPSA) is 108 Å². The van der Waals surface area contributed by atoms with E-state index >= 15 is 0 Å². The monoisotopic (exact) mass is 585 g/mol. The summed E-state index contributed by atoms with van der Waals surface area (Å²) in [6, 6.07) is 8.27. The standard InChI is InChI=1S/C31H35N7O3S/c39-22(7-6-21-4-5-21)8-9-28(40)37-12-10-36(11-13-37)20-23-18-27-29(42-23)31(38-14-16-41-17-15-38)34-30(33-27)24-2-1-3-26-25(24)19-32-35-26/h1-3,6-7,18-19,21H,4-5,8-17,20H2,(H,32,35)/b7-6+. The summed E-state index contributed by atoms with van der Waals surface area (Å²) in [7, 11) is 0. The van der Waals surface area contributed by atoms with Gasteiger partial charge in [-0.25, -0.2) is 9.97 Å². The molecule has 218 valence electrons. The van der Waals surface area contributed by atoms with Crippen molar-refractivity contribution in [3.63, 3.8) is 0 Å². The molecule has 0 radical (unpaired) electrons. The van der Waals surface area contributed by atoms with Gasteiger partial charge in [0.05, 0.1) is 35.1 Å². The number of H-pyrrole nitrogens is 1. The number of aromatic nitrogens is 4. The molecule has 0 atom stereocenters. The third kappa shape index (κ3) is 5.95. The highest BCUT2D eigenvalue weighted by Gasteiger charge is 2.25. The van der Waals surface area contributed by atoms with Gasteiger partial charge in [-0.05, 0) is 37.0 Å². The van der Waals surface area contributed by atoms with E-state index < -0.39 is 0 Å². The molecule has 42 heavy (non-hydrogen) atoms. The number of hydrogen-bond donors (Lipinski definition) is 1. The van der Waals surface area contributed by atoms with Crippen LogP contribution in [0.5, 0.6) is 0 Å². The molecule has 3 fully saturated rings. The number of thiophene rings is 1. The molecule has 1 N–H and O–H groups in total. The van der Waals surface area contributed by atoms with Gasteiger partial charge in [0.25, 0.3) is 0 Å². The number of anilines is 1. The fraction of sp³-hybridized carbons (Fsp3) is 0.452. The van der Waals surface area contributed by atoms with Crippen LogP contribution in [-0.4, -0.2) is 94.1 Å². The van der Waals surface area contributed by atoms with Gasteiger partial charge in [0.15, 0.2) is 17.4 Å². The highest BCUT2D eigenvalue weighted by Crippen LogP contribution is 2.36. The number of nitrogens with one attached hydrogen (secondary N) is 1. The molecule has 0 spiro atoms. The number of carbonyl (C=O) groups is 2. The van der Waals surface area contributed by atoms with E-state index in [1.165, 1.54) is 17.7 Å². The third-order valence-electron chi connectivity index (χ3n) is 8.31. The number of ketones is 1. The van der Waals surface area contributed by atoms with Crippen LogP contribution in [0.2, 0.25) is 0 Å². The zero-order valence-electron chi connectivity index (χ0n) is 23.6. The molecule has 1 amide bonds. The Hall–Kier alpha value is -3.67. The Bertz CT molecular complexity index is 1630. The number of morpholine rings is 1. The van der Waals surface area contributed by atoms with E-state index in [2.05, 4.69) is 32.1 Å². The number of fused-ring (bicyclic) bond motifs is 2. The molecule has 0 bridgehead atoms. The molecular formula is C31H35N7O3S. The van der Waals surface area contributed by atoms with Gasteiger partial charge in [0.1, 0.15) is 0 Å². The second-order valence-electron chi connectivity index (χ2n) is 11.4. The van der Waals surface area contributed by atoms with Crippen LogP contribution in [0.25, 0.3) is 32.5 Å². The van der Waals surface area contributed by atoms with E-state index in [1.807, 2.05) is 29.3 Å². The fourth-order valence-electron chi connectivity index (χ4n) is 5.69.